The maximum atomic E-state index is 13.5. The van der Waals surface area contributed by atoms with Gasteiger partial charge in [0, 0.05) is 12.8 Å². The summed E-state index contributed by atoms with van der Waals surface area (Å²) in [6.45, 7) is 0. The fourth-order valence-corrected chi connectivity index (χ4v) is 2.18. The lowest BCUT2D eigenvalue weighted by atomic mass is 9.99. The number of rotatable bonds is 5. The van der Waals surface area contributed by atoms with E-state index >= 15 is 0 Å². The Labute approximate surface area is 148 Å². The van der Waals surface area contributed by atoms with Crippen LogP contribution in [0.5, 0.6) is 0 Å². The highest BCUT2D eigenvalue weighted by atomic mass is 19.2. The van der Waals surface area contributed by atoms with E-state index in [1.165, 1.54) is 0 Å². The third-order valence-corrected chi connectivity index (χ3v) is 3.56. The molecule has 0 N–H and O–H groups in total. The largest absolute Gasteiger partial charge is 0.294 e. The molecular weight excluding hydrogens is 414 g/mol. The highest BCUT2D eigenvalue weighted by molar-refractivity contribution is 6.02. The number of carbonyl (C=O) groups excluding carboxylic acids is 2. The monoisotopic (exact) mass is 418 g/mol. The van der Waals surface area contributed by atoms with Gasteiger partial charge in [-0.15, -0.1) is 0 Å². The van der Waals surface area contributed by atoms with Crippen molar-refractivity contribution in [1.29, 1.82) is 0 Å². The van der Waals surface area contributed by atoms with Crippen molar-refractivity contribution in [2.45, 2.75) is 12.8 Å². The normalized spacial score (nSPS) is 11.1. The summed E-state index contributed by atoms with van der Waals surface area (Å²) in [4.78, 5) is 23.4. The molecule has 0 radical (unpaired) electrons. The van der Waals surface area contributed by atoms with Crippen molar-refractivity contribution in [3.8, 4) is 0 Å². The summed E-state index contributed by atoms with van der Waals surface area (Å²) in [6, 6.07) is 0. The predicted molar refractivity (Wildman–Crippen MR) is 70.4 cm³/mol. The number of ketones is 2. The Balaban J connectivity index is 2.34. The zero-order valence-corrected chi connectivity index (χ0v) is 13.0. The molecule has 150 valence electrons. The average molecular weight is 418 g/mol. The molecule has 0 unspecified atom stereocenters. The molecule has 2 aromatic rings. The molecule has 0 aliphatic rings. The second-order valence-electron chi connectivity index (χ2n) is 5.24. The van der Waals surface area contributed by atoms with Crippen LogP contribution in [-0.2, 0) is 0 Å². The summed E-state index contributed by atoms with van der Waals surface area (Å²) in [5.41, 5.74) is -3.83. The van der Waals surface area contributed by atoms with Crippen LogP contribution >= 0.6 is 0 Å². The summed E-state index contributed by atoms with van der Waals surface area (Å²) in [5.74, 6) is -28.6. The molecule has 0 amide bonds. The Kier molecular flexibility index (Phi) is 5.80. The van der Waals surface area contributed by atoms with E-state index in [4.69, 9.17) is 0 Å². The van der Waals surface area contributed by atoms with Crippen molar-refractivity contribution in [3.63, 3.8) is 0 Å². The molecule has 0 aliphatic carbocycles. The van der Waals surface area contributed by atoms with Crippen LogP contribution in [0.4, 0.5) is 43.9 Å². The molecule has 0 saturated carbocycles. The van der Waals surface area contributed by atoms with Gasteiger partial charge in [0.2, 0.25) is 11.6 Å². The molecule has 0 heterocycles. The molecule has 2 rings (SSSR count). The van der Waals surface area contributed by atoms with E-state index in [-0.39, 0.29) is 0 Å². The van der Waals surface area contributed by atoms with Gasteiger partial charge in [-0.3, -0.25) is 9.59 Å². The van der Waals surface area contributed by atoms with E-state index in [0.29, 0.717) is 0 Å². The van der Waals surface area contributed by atoms with Gasteiger partial charge >= 0.3 is 0 Å². The number of carbonyl (C=O) groups is 2. The van der Waals surface area contributed by atoms with E-state index in [1.807, 2.05) is 0 Å². The maximum Gasteiger partial charge on any atom is 0.200 e. The molecule has 0 atom stereocenters. The maximum absolute atomic E-state index is 13.5. The molecule has 0 fully saturated rings. The van der Waals surface area contributed by atoms with E-state index in [2.05, 4.69) is 0 Å². The van der Waals surface area contributed by atoms with Gasteiger partial charge < -0.3 is 0 Å². The minimum absolute atomic E-state index is 1.35. The average Bonchev–Trinajstić information content (AvgIpc) is 2.66. The van der Waals surface area contributed by atoms with Crippen LogP contribution in [0.2, 0.25) is 0 Å². The standard InChI is InChI=1S/C16H4F10O2/c17-7-5(8(18)12(22)15(25)11(7)21)3(27)1-2-4(28)6-9(19)13(23)16(26)14(24)10(6)20/h1-2H2. The minimum Gasteiger partial charge on any atom is -0.294 e. The summed E-state index contributed by atoms with van der Waals surface area (Å²) in [7, 11) is 0. The van der Waals surface area contributed by atoms with Crippen LogP contribution in [0.25, 0.3) is 0 Å². The SMILES string of the molecule is O=C(CCC(=O)c1c(F)c(F)c(F)c(F)c1F)c1c(F)c(F)c(F)c(F)c1F. The molecule has 0 spiro atoms. The Hall–Kier alpha value is -2.92. The van der Waals surface area contributed by atoms with Crippen LogP contribution in [0.1, 0.15) is 33.6 Å². The molecular formula is C16H4F10O2. The molecule has 2 nitrogen and oxygen atoms in total. The topological polar surface area (TPSA) is 34.1 Å². The van der Waals surface area contributed by atoms with Crippen molar-refractivity contribution in [3.05, 3.63) is 69.3 Å². The molecule has 0 bridgehead atoms. The Bertz CT molecular complexity index is 876. The second-order valence-corrected chi connectivity index (χ2v) is 5.24. The minimum atomic E-state index is -2.55. The smallest absolute Gasteiger partial charge is 0.200 e. The van der Waals surface area contributed by atoms with Crippen LogP contribution in [0.3, 0.4) is 0 Å². The first-order valence-electron chi connectivity index (χ1n) is 7.01. The van der Waals surface area contributed by atoms with Crippen LogP contribution in [-0.4, -0.2) is 11.6 Å². The van der Waals surface area contributed by atoms with Gasteiger partial charge in [-0.2, -0.15) is 0 Å². The lowest BCUT2D eigenvalue weighted by Gasteiger charge is -2.09. The van der Waals surface area contributed by atoms with E-state index in [0.717, 1.165) is 0 Å². The van der Waals surface area contributed by atoms with Gasteiger partial charge in [0.25, 0.3) is 0 Å². The summed E-state index contributed by atoms with van der Waals surface area (Å²) >= 11 is 0. The number of hydrogen-bond acceptors (Lipinski definition) is 2. The van der Waals surface area contributed by atoms with Gasteiger partial charge in [-0.25, -0.2) is 43.9 Å². The molecule has 0 saturated heterocycles. The lowest BCUT2D eigenvalue weighted by Crippen LogP contribution is -2.16. The van der Waals surface area contributed by atoms with Gasteiger partial charge in [0.15, 0.2) is 58.1 Å². The highest BCUT2D eigenvalue weighted by Crippen LogP contribution is 2.27. The Morgan fingerprint density at radius 2 is 0.571 bits per heavy atom. The molecule has 2 aromatic carbocycles. The summed E-state index contributed by atoms with van der Waals surface area (Å²) < 4.78 is 132. The molecule has 0 aliphatic heterocycles. The van der Waals surface area contributed by atoms with E-state index < -0.39 is 93.7 Å². The summed E-state index contributed by atoms with van der Waals surface area (Å²) in [6.07, 6.45) is -2.70. The molecule has 12 heteroatoms. The van der Waals surface area contributed by atoms with E-state index in [9.17, 15) is 53.5 Å². The van der Waals surface area contributed by atoms with Crippen LogP contribution in [0.15, 0.2) is 0 Å². The fourth-order valence-electron chi connectivity index (χ4n) is 2.18. The van der Waals surface area contributed by atoms with Crippen LogP contribution < -0.4 is 0 Å². The van der Waals surface area contributed by atoms with Gasteiger partial charge in [0.05, 0.1) is 11.1 Å². The van der Waals surface area contributed by atoms with Crippen LogP contribution in [0, 0.1) is 58.2 Å². The third-order valence-electron chi connectivity index (χ3n) is 3.56. The van der Waals surface area contributed by atoms with Crippen molar-refractivity contribution in [2.75, 3.05) is 0 Å². The number of halogens is 10. The van der Waals surface area contributed by atoms with Crippen molar-refractivity contribution >= 4 is 11.6 Å². The van der Waals surface area contributed by atoms with Crippen molar-refractivity contribution in [2.24, 2.45) is 0 Å². The number of benzene rings is 2. The third kappa shape index (κ3) is 3.34. The summed E-state index contributed by atoms with van der Waals surface area (Å²) in [5, 5.41) is 0. The highest BCUT2D eigenvalue weighted by Gasteiger charge is 2.32. The Morgan fingerprint density at radius 3 is 0.786 bits per heavy atom. The molecule has 28 heavy (non-hydrogen) atoms. The quantitative estimate of drug-likeness (QED) is 0.299. The Morgan fingerprint density at radius 1 is 0.393 bits per heavy atom. The first-order chi connectivity index (χ1) is 12.9. The van der Waals surface area contributed by atoms with Gasteiger partial charge in [0.1, 0.15) is 0 Å². The van der Waals surface area contributed by atoms with Crippen molar-refractivity contribution in [1.82, 2.24) is 0 Å². The number of Topliss-reactive ketones (excluding diaryl/α,β-unsaturated/α-hetero) is 2. The molecule has 0 aromatic heterocycles. The zero-order valence-electron chi connectivity index (χ0n) is 13.0. The second kappa shape index (κ2) is 7.60. The predicted octanol–water partition coefficient (Wildman–Crippen LogP) is 4.92. The number of hydrogen-bond donors (Lipinski definition) is 0. The van der Waals surface area contributed by atoms with Crippen molar-refractivity contribution < 1.29 is 53.5 Å². The first-order valence-corrected chi connectivity index (χ1v) is 7.01. The first kappa shape index (κ1) is 21.4. The van der Waals surface area contributed by atoms with E-state index in [1.54, 1.807) is 0 Å². The van der Waals surface area contributed by atoms with Gasteiger partial charge in [-0.05, 0) is 0 Å². The fraction of sp³-hybridized carbons (Fsp3) is 0.125. The van der Waals surface area contributed by atoms with Gasteiger partial charge in [-0.1, -0.05) is 0 Å². The lowest BCUT2D eigenvalue weighted by molar-refractivity contribution is 0.0905. The zero-order chi connectivity index (χ0) is 21.5.